The second kappa shape index (κ2) is 5.19. The van der Waals surface area contributed by atoms with Crippen molar-refractivity contribution in [3.8, 4) is 5.75 Å². The zero-order valence-electron chi connectivity index (χ0n) is 10.8. The minimum Gasteiger partial charge on any atom is -0.410 e. The van der Waals surface area contributed by atoms with E-state index >= 15 is 0 Å². The monoisotopic (exact) mass is 236 g/mol. The Morgan fingerprint density at radius 2 is 2.06 bits per heavy atom. The molecule has 0 radical (unpaired) electrons. The summed E-state index contributed by atoms with van der Waals surface area (Å²) in [5.41, 5.74) is 6.39. The van der Waals surface area contributed by atoms with E-state index in [2.05, 4.69) is 5.32 Å². The van der Waals surface area contributed by atoms with E-state index in [-0.39, 0.29) is 11.6 Å². The second-order valence-corrected chi connectivity index (χ2v) is 5.13. The van der Waals surface area contributed by atoms with Gasteiger partial charge in [0.25, 0.3) is 0 Å². The van der Waals surface area contributed by atoms with Crippen LogP contribution in [0.1, 0.15) is 39.3 Å². The molecule has 0 spiro atoms. The van der Waals surface area contributed by atoms with Crippen LogP contribution in [0.2, 0.25) is 0 Å². The number of rotatable bonds is 2. The molecule has 1 aromatic rings. The summed E-state index contributed by atoms with van der Waals surface area (Å²) >= 11 is 0. The zero-order valence-corrected chi connectivity index (χ0v) is 10.8. The molecule has 1 atom stereocenters. The number of benzene rings is 1. The quantitative estimate of drug-likeness (QED) is 0.829. The van der Waals surface area contributed by atoms with E-state index in [4.69, 9.17) is 10.5 Å². The minimum absolute atomic E-state index is 0.0794. The van der Waals surface area contributed by atoms with Crippen LogP contribution in [0.4, 0.5) is 4.79 Å². The Bertz CT molecular complexity index is 395. The predicted molar refractivity (Wildman–Crippen MR) is 68.0 cm³/mol. The highest BCUT2D eigenvalue weighted by molar-refractivity contribution is 5.71. The van der Waals surface area contributed by atoms with E-state index in [1.165, 1.54) is 0 Å². The standard InChI is InChI=1S/C13H20N2O2/c1-9(14)10-6-5-7-11(8-10)17-12(16)15-13(2,3)4/h5-9H,14H2,1-4H3,(H,15,16). The lowest BCUT2D eigenvalue weighted by molar-refractivity contribution is 0.190. The van der Waals surface area contributed by atoms with Crippen molar-refractivity contribution in [3.63, 3.8) is 0 Å². The fourth-order valence-electron chi connectivity index (χ4n) is 1.30. The van der Waals surface area contributed by atoms with Gasteiger partial charge in [0.05, 0.1) is 0 Å². The number of nitrogens with two attached hydrogens (primary N) is 1. The molecule has 3 N–H and O–H groups in total. The smallest absolute Gasteiger partial charge is 0.410 e. The molecule has 0 aliphatic heterocycles. The van der Waals surface area contributed by atoms with Crippen LogP contribution in [0.3, 0.4) is 0 Å². The van der Waals surface area contributed by atoms with Crippen molar-refractivity contribution in [1.82, 2.24) is 5.32 Å². The summed E-state index contributed by atoms with van der Waals surface area (Å²) in [6.07, 6.45) is -0.459. The Balaban J connectivity index is 2.69. The Labute approximate surface area is 102 Å². The van der Waals surface area contributed by atoms with Gasteiger partial charge in [0.2, 0.25) is 0 Å². The van der Waals surface area contributed by atoms with Gasteiger partial charge >= 0.3 is 6.09 Å². The Hall–Kier alpha value is -1.55. The molecule has 94 valence electrons. The number of carbonyl (C=O) groups is 1. The number of carbonyl (C=O) groups excluding carboxylic acids is 1. The SMILES string of the molecule is CC(N)c1cccc(OC(=O)NC(C)(C)C)c1. The van der Waals surface area contributed by atoms with Crippen LogP contribution in [-0.4, -0.2) is 11.6 Å². The average molecular weight is 236 g/mol. The highest BCUT2D eigenvalue weighted by Gasteiger charge is 2.15. The van der Waals surface area contributed by atoms with Crippen molar-refractivity contribution in [2.24, 2.45) is 5.73 Å². The summed E-state index contributed by atoms with van der Waals surface area (Å²) in [6, 6.07) is 7.14. The number of ether oxygens (including phenoxy) is 1. The van der Waals surface area contributed by atoms with Crippen molar-refractivity contribution in [2.45, 2.75) is 39.3 Å². The molecule has 0 heterocycles. The number of hydrogen-bond acceptors (Lipinski definition) is 3. The highest BCUT2D eigenvalue weighted by Crippen LogP contribution is 2.17. The molecule has 0 saturated heterocycles. The number of hydrogen-bond donors (Lipinski definition) is 2. The van der Waals surface area contributed by atoms with E-state index < -0.39 is 6.09 Å². The van der Waals surface area contributed by atoms with E-state index in [9.17, 15) is 4.79 Å². The third-order valence-electron chi connectivity index (χ3n) is 2.07. The molecule has 0 aromatic heterocycles. The first-order chi connectivity index (χ1) is 7.78. The fraction of sp³-hybridized carbons (Fsp3) is 0.462. The van der Waals surface area contributed by atoms with Crippen LogP contribution in [0.15, 0.2) is 24.3 Å². The van der Waals surface area contributed by atoms with Gasteiger partial charge in [-0.05, 0) is 45.4 Å². The molecule has 17 heavy (non-hydrogen) atoms. The summed E-state index contributed by atoms with van der Waals surface area (Å²) in [4.78, 5) is 11.5. The molecular weight excluding hydrogens is 216 g/mol. The number of nitrogens with one attached hydrogen (secondary N) is 1. The highest BCUT2D eigenvalue weighted by atomic mass is 16.6. The van der Waals surface area contributed by atoms with E-state index in [0.29, 0.717) is 5.75 Å². The lowest BCUT2D eigenvalue weighted by Crippen LogP contribution is -2.42. The molecule has 0 saturated carbocycles. The largest absolute Gasteiger partial charge is 0.413 e. The lowest BCUT2D eigenvalue weighted by atomic mass is 10.1. The Kier molecular flexibility index (Phi) is 4.12. The van der Waals surface area contributed by atoms with Gasteiger partial charge in [0, 0.05) is 11.6 Å². The van der Waals surface area contributed by atoms with Crippen molar-refractivity contribution < 1.29 is 9.53 Å². The molecule has 1 unspecified atom stereocenters. The van der Waals surface area contributed by atoms with Crippen LogP contribution >= 0.6 is 0 Å². The average Bonchev–Trinajstić information content (AvgIpc) is 2.14. The molecule has 4 heteroatoms. The number of amides is 1. The molecule has 0 aliphatic carbocycles. The van der Waals surface area contributed by atoms with E-state index in [1.807, 2.05) is 39.8 Å². The maximum absolute atomic E-state index is 11.5. The molecule has 1 rings (SSSR count). The van der Waals surface area contributed by atoms with Gasteiger partial charge in [0.15, 0.2) is 0 Å². The third-order valence-corrected chi connectivity index (χ3v) is 2.07. The Morgan fingerprint density at radius 1 is 1.41 bits per heavy atom. The maximum atomic E-state index is 11.5. The molecule has 0 aliphatic rings. The van der Waals surface area contributed by atoms with Gasteiger partial charge in [-0.1, -0.05) is 12.1 Å². The van der Waals surface area contributed by atoms with Crippen molar-refractivity contribution in [2.75, 3.05) is 0 Å². The molecule has 1 amide bonds. The van der Waals surface area contributed by atoms with E-state index in [0.717, 1.165) is 5.56 Å². The summed E-state index contributed by atoms with van der Waals surface area (Å²) < 4.78 is 5.18. The maximum Gasteiger partial charge on any atom is 0.413 e. The van der Waals surface area contributed by atoms with Crippen LogP contribution < -0.4 is 15.8 Å². The summed E-state index contributed by atoms with van der Waals surface area (Å²) in [5.74, 6) is 0.501. The first-order valence-electron chi connectivity index (χ1n) is 5.63. The Morgan fingerprint density at radius 3 is 2.59 bits per heavy atom. The fourth-order valence-corrected chi connectivity index (χ4v) is 1.30. The van der Waals surface area contributed by atoms with Gasteiger partial charge in [-0.15, -0.1) is 0 Å². The van der Waals surface area contributed by atoms with Crippen molar-refractivity contribution in [1.29, 1.82) is 0 Å². The van der Waals surface area contributed by atoms with Gasteiger partial charge < -0.3 is 15.8 Å². The van der Waals surface area contributed by atoms with Crippen LogP contribution in [0.25, 0.3) is 0 Å². The first-order valence-corrected chi connectivity index (χ1v) is 5.63. The van der Waals surface area contributed by atoms with Crippen LogP contribution in [0.5, 0.6) is 5.75 Å². The molecular formula is C13H20N2O2. The summed E-state index contributed by atoms with van der Waals surface area (Å²) in [7, 11) is 0. The summed E-state index contributed by atoms with van der Waals surface area (Å²) in [6.45, 7) is 7.57. The molecule has 0 fully saturated rings. The topological polar surface area (TPSA) is 64.3 Å². The molecule has 1 aromatic carbocycles. The third kappa shape index (κ3) is 4.87. The lowest BCUT2D eigenvalue weighted by Gasteiger charge is -2.20. The predicted octanol–water partition coefficient (Wildman–Crippen LogP) is 2.59. The zero-order chi connectivity index (χ0) is 13.1. The van der Waals surface area contributed by atoms with Crippen molar-refractivity contribution >= 4 is 6.09 Å². The van der Waals surface area contributed by atoms with Crippen LogP contribution in [0, 0.1) is 0 Å². The molecule has 4 nitrogen and oxygen atoms in total. The second-order valence-electron chi connectivity index (χ2n) is 5.13. The minimum atomic E-state index is -0.459. The van der Waals surface area contributed by atoms with E-state index in [1.54, 1.807) is 12.1 Å². The van der Waals surface area contributed by atoms with Gasteiger partial charge in [-0.25, -0.2) is 4.79 Å². The van der Waals surface area contributed by atoms with Crippen molar-refractivity contribution in [3.05, 3.63) is 29.8 Å². The van der Waals surface area contributed by atoms with Gasteiger partial charge in [0.1, 0.15) is 5.75 Å². The summed E-state index contributed by atoms with van der Waals surface area (Å²) in [5, 5.41) is 2.72. The molecule has 0 bridgehead atoms. The van der Waals surface area contributed by atoms with Crippen LogP contribution in [-0.2, 0) is 0 Å². The first kappa shape index (κ1) is 13.5. The van der Waals surface area contributed by atoms with Gasteiger partial charge in [-0.3, -0.25) is 0 Å². The normalized spacial score (nSPS) is 13.0. The van der Waals surface area contributed by atoms with Gasteiger partial charge in [-0.2, -0.15) is 0 Å².